The van der Waals surface area contributed by atoms with Crippen molar-refractivity contribution in [2.45, 2.75) is 45.9 Å². The summed E-state index contributed by atoms with van der Waals surface area (Å²) in [7, 11) is 0. The maximum absolute atomic E-state index is 12.3. The third-order valence-electron chi connectivity index (χ3n) is 5.03. The van der Waals surface area contributed by atoms with Gasteiger partial charge in [0, 0.05) is 31.5 Å². The minimum Gasteiger partial charge on any atom is -0.444 e. The van der Waals surface area contributed by atoms with Gasteiger partial charge in [-0.15, -0.1) is 0 Å². The average molecular weight is 384 g/mol. The first-order chi connectivity index (χ1) is 13.3. The molecule has 150 valence electrons. The quantitative estimate of drug-likeness (QED) is 0.858. The zero-order valence-corrected chi connectivity index (χ0v) is 17.0. The Morgan fingerprint density at radius 3 is 2.89 bits per heavy atom. The first kappa shape index (κ1) is 18.6. The Balaban J connectivity index is 1.34. The normalized spacial score (nSPS) is 19.6. The van der Waals surface area contributed by atoms with Gasteiger partial charge in [-0.2, -0.15) is 0 Å². The Labute approximate surface area is 165 Å². The summed E-state index contributed by atoms with van der Waals surface area (Å²) in [4.78, 5) is 25.7. The number of imidazole rings is 1. The molecule has 2 aromatic heterocycles. The number of pyridine rings is 1. The predicted molar refractivity (Wildman–Crippen MR) is 107 cm³/mol. The summed E-state index contributed by atoms with van der Waals surface area (Å²) < 4.78 is 7.59. The molecule has 0 aromatic carbocycles. The molecule has 0 spiro atoms. The number of fused-ring (bicyclic) bond motifs is 2. The van der Waals surface area contributed by atoms with Gasteiger partial charge in [0.05, 0.1) is 24.8 Å². The molecule has 1 fully saturated rings. The van der Waals surface area contributed by atoms with Crippen LogP contribution in [0.4, 0.5) is 4.79 Å². The number of aryl methyl sites for hydroxylation is 1. The van der Waals surface area contributed by atoms with Crippen LogP contribution in [0.5, 0.6) is 0 Å². The fourth-order valence-corrected chi connectivity index (χ4v) is 3.68. The highest BCUT2D eigenvalue weighted by Gasteiger charge is 2.36. The van der Waals surface area contributed by atoms with Crippen molar-refractivity contribution in [1.82, 2.24) is 24.5 Å². The average Bonchev–Trinajstić information content (AvgIpc) is 3.22. The molecule has 4 rings (SSSR count). The number of hydrogen-bond donors (Lipinski definition) is 1. The summed E-state index contributed by atoms with van der Waals surface area (Å²) in [5, 5.41) is 3.43. The largest absolute Gasteiger partial charge is 0.444 e. The molecule has 0 radical (unpaired) electrons. The van der Waals surface area contributed by atoms with Gasteiger partial charge in [0.1, 0.15) is 11.2 Å². The van der Waals surface area contributed by atoms with Crippen molar-refractivity contribution in [3.63, 3.8) is 0 Å². The SMILES string of the molecule is Cc1cccc2nc(CNC3=NCC4CN(C(=O)OC(C)(C)C)CCN34)cn12. The van der Waals surface area contributed by atoms with Gasteiger partial charge in [0.25, 0.3) is 0 Å². The number of piperazine rings is 1. The number of nitrogens with zero attached hydrogens (tertiary/aromatic N) is 5. The lowest BCUT2D eigenvalue weighted by molar-refractivity contribution is 0.0137. The van der Waals surface area contributed by atoms with Gasteiger partial charge >= 0.3 is 6.09 Å². The summed E-state index contributed by atoms with van der Waals surface area (Å²) in [6.45, 7) is 11.1. The summed E-state index contributed by atoms with van der Waals surface area (Å²) >= 11 is 0. The monoisotopic (exact) mass is 384 g/mol. The summed E-state index contributed by atoms with van der Waals surface area (Å²) in [6.07, 6.45) is 1.82. The van der Waals surface area contributed by atoms with Crippen LogP contribution in [-0.4, -0.2) is 69.1 Å². The van der Waals surface area contributed by atoms with Gasteiger partial charge < -0.3 is 24.3 Å². The number of amides is 1. The number of aliphatic imine (C=N–C) groups is 1. The van der Waals surface area contributed by atoms with Gasteiger partial charge in [0.15, 0.2) is 5.96 Å². The second-order valence-electron chi connectivity index (χ2n) is 8.42. The topological polar surface area (TPSA) is 74.5 Å². The van der Waals surface area contributed by atoms with Crippen molar-refractivity contribution >= 4 is 17.7 Å². The second kappa shape index (κ2) is 7.00. The third kappa shape index (κ3) is 3.76. The molecule has 0 bridgehead atoms. The van der Waals surface area contributed by atoms with Crippen LogP contribution in [0.15, 0.2) is 29.4 Å². The molecular formula is C20H28N6O2. The number of nitrogens with one attached hydrogen (secondary N) is 1. The Kier molecular flexibility index (Phi) is 4.64. The smallest absolute Gasteiger partial charge is 0.410 e. The van der Waals surface area contributed by atoms with Crippen LogP contribution in [0.1, 0.15) is 32.2 Å². The number of aromatic nitrogens is 2. The number of rotatable bonds is 2. The van der Waals surface area contributed by atoms with E-state index in [-0.39, 0.29) is 12.1 Å². The van der Waals surface area contributed by atoms with E-state index >= 15 is 0 Å². The van der Waals surface area contributed by atoms with E-state index in [1.807, 2.05) is 32.9 Å². The summed E-state index contributed by atoms with van der Waals surface area (Å²) in [5.74, 6) is 0.891. The lowest BCUT2D eigenvalue weighted by Crippen LogP contribution is -2.57. The predicted octanol–water partition coefficient (Wildman–Crippen LogP) is 2.02. The molecule has 1 amide bonds. The molecule has 1 atom stereocenters. The van der Waals surface area contributed by atoms with Gasteiger partial charge in [0.2, 0.25) is 0 Å². The molecule has 0 aliphatic carbocycles. The number of ether oxygens (including phenoxy) is 1. The van der Waals surface area contributed by atoms with Crippen LogP contribution in [-0.2, 0) is 11.3 Å². The van der Waals surface area contributed by atoms with Crippen molar-refractivity contribution < 1.29 is 9.53 Å². The van der Waals surface area contributed by atoms with Crippen LogP contribution in [0.2, 0.25) is 0 Å². The lowest BCUT2D eigenvalue weighted by Gasteiger charge is -2.39. The van der Waals surface area contributed by atoms with Crippen molar-refractivity contribution in [3.05, 3.63) is 35.8 Å². The minimum absolute atomic E-state index is 0.201. The number of carbonyl (C=O) groups excluding carboxylic acids is 1. The molecule has 28 heavy (non-hydrogen) atoms. The molecule has 0 saturated carbocycles. The fraction of sp³-hybridized carbons (Fsp3) is 0.550. The molecule has 4 heterocycles. The van der Waals surface area contributed by atoms with Gasteiger partial charge in [-0.3, -0.25) is 4.99 Å². The van der Waals surface area contributed by atoms with Crippen LogP contribution >= 0.6 is 0 Å². The molecule has 8 nitrogen and oxygen atoms in total. The van der Waals surface area contributed by atoms with E-state index in [1.165, 1.54) is 0 Å². The second-order valence-corrected chi connectivity index (χ2v) is 8.42. The molecule has 1 saturated heterocycles. The zero-order chi connectivity index (χ0) is 19.9. The van der Waals surface area contributed by atoms with E-state index < -0.39 is 5.60 Å². The van der Waals surface area contributed by atoms with Crippen molar-refractivity contribution in [2.75, 3.05) is 26.2 Å². The van der Waals surface area contributed by atoms with Crippen LogP contribution in [0.25, 0.3) is 5.65 Å². The summed E-state index contributed by atoms with van der Waals surface area (Å²) in [5.41, 5.74) is 2.62. The van der Waals surface area contributed by atoms with Gasteiger partial charge in [-0.05, 0) is 39.8 Å². The van der Waals surface area contributed by atoms with Crippen molar-refractivity contribution in [3.8, 4) is 0 Å². The minimum atomic E-state index is -0.473. The van der Waals surface area contributed by atoms with Gasteiger partial charge in [-0.25, -0.2) is 9.78 Å². The van der Waals surface area contributed by atoms with Crippen LogP contribution in [0.3, 0.4) is 0 Å². The first-order valence-corrected chi connectivity index (χ1v) is 9.77. The highest BCUT2D eigenvalue weighted by Crippen LogP contribution is 2.19. The van der Waals surface area contributed by atoms with Gasteiger partial charge in [-0.1, -0.05) is 6.07 Å². The lowest BCUT2D eigenvalue weighted by atomic mass is 10.2. The Morgan fingerprint density at radius 2 is 2.14 bits per heavy atom. The molecular weight excluding hydrogens is 356 g/mol. The maximum atomic E-state index is 12.3. The third-order valence-corrected chi connectivity index (χ3v) is 5.03. The van der Waals surface area contributed by atoms with Crippen LogP contribution < -0.4 is 5.32 Å². The van der Waals surface area contributed by atoms with Crippen molar-refractivity contribution in [1.29, 1.82) is 0 Å². The van der Waals surface area contributed by atoms with E-state index in [1.54, 1.807) is 4.90 Å². The zero-order valence-electron chi connectivity index (χ0n) is 17.0. The van der Waals surface area contributed by atoms with E-state index in [9.17, 15) is 4.79 Å². The summed E-state index contributed by atoms with van der Waals surface area (Å²) in [6, 6.07) is 6.30. The highest BCUT2D eigenvalue weighted by molar-refractivity contribution is 5.82. The molecule has 1 unspecified atom stereocenters. The van der Waals surface area contributed by atoms with E-state index in [0.29, 0.717) is 26.2 Å². The van der Waals surface area contributed by atoms with Crippen LogP contribution in [0, 0.1) is 6.92 Å². The standard InChI is InChI=1S/C20H28N6O2/c1-14-6-5-7-17-23-15(12-26(14)17)10-21-18-22-11-16-13-24(8-9-25(16)18)19(27)28-20(2,3)4/h5-7,12,16H,8-11,13H2,1-4H3,(H,21,22). The molecule has 2 aliphatic heterocycles. The Morgan fingerprint density at radius 1 is 1.32 bits per heavy atom. The molecule has 1 N–H and O–H groups in total. The number of guanidine groups is 1. The van der Waals surface area contributed by atoms with Crippen molar-refractivity contribution in [2.24, 2.45) is 4.99 Å². The molecule has 8 heteroatoms. The number of carbonyl (C=O) groups is 1. The molecule has 2 aromatic rings. The fourth-order valence-electron chi connectivity index (χ4n) is 3.68. The Bertz CT molecular complexity index is 913. The first-order valence-electron chi connectivity index (χ1n) is 9.77. The maximum Gasteiger partial charge on any atom is 0.410 e. The number of hydrogen-bond acceptors (Lipinski definition) is 6. The molecule has 2 aliphatic rings. The Hall–Kier alpha value is -2.77. The van der Waals surface area contributed by atoms with E-state index in [0.717, 1.165) is 29.5 Å². The van der Waals surface area contributed by atoms with E-state index in [2.05, 4.69) is 43.8 Å². The van der Waals surface area contributed by atoms with E-state index in [4.69, 9.17) is 4.74 Å². The highest BCUT2D eigenvalue weighted by atomic mass is 16.6.